The number of anilines is 2. The molecular weight excluding hydrogens is 593 g/mol. The second kappa shape index (κ2) is 12.1. The van der Waals surface area contributed by atoms with Crippen LogP contribution in [0.4, 0.5) is 29.5 Å². The summed E-state index contributed by atoms with van der Waals surface area (Å²) in [5, 5.41) is 18.9. The van der Waals surface area contributed by atoms with E-state index in [1.54, 1.807) is 18.2 Å². The first kappa shape index (κ1) is 30.0. The Morgan fingerprint density at radius 1 is 1.07 bits per heavy atom. The van der Waals surface area contributed by atoms with Crippen LogP contribution < -0.4 is 20.3 Å². The van der Waals surface area contributed by atoms with Crippen LogP contribution in [-0.4, -0.2) is 69.5 Å². The molecule has 12 nitrogen and oxygen atoms in total. The van der Waals surface area contributed by atoms with Crippen LogP contribution in [0, 0.1) is 0 Å². The summed E-state index contributed by atoms with van der Waals surface area (Å²) in [5.74, 6) is -0.267. The van der Waals surface area contributed by atoms with Gasteiger partial charge in [0, 0.05) is 55.8 Å². The van der Waals surface area contributed by atoms with Gasteiger partial charge in [-0.05, 0) is 49.2 Å². The fourth-order valence-electron chi connectivity index (χ4n) is 5.49. The van der Waals surface area contributed by atoms with Crippen molar-refractivity contribution in [2.45, 2.75) is 38.0 Å². The Bertz CT molecular complexity index is 1750. The van der Waals surface area contributed by atoms with Gasteiger partial charge in [0.2, 0.25) is 5.91 Å². The summed E-state index contributed by atoms with van der Waals surface area (Å²) >= 11 is 0. The number of hydrogen-bond acceptors (Lipinski definition) is 8. The van der Waals surface area contributed by atoms with E-state index in [2.05, 4.69) is 25.7 Å². The largest absolute Gasteiger partial charge is 0.494 e. The Labute approximate surface area is 255 Å². The molecule has 2 saturated heterocycles. The fourth-order valence-corrected chi connectivity index (χ4v) is 5.49. The summed E-state index contributed by atoms with van der Waals surface area (Å²) in [6, 6.07) is 10.8. The van der Waals surface area contributed by atoms with Crippen molar-refractivity contribution in [3.05, 3.63) is 71.5 Å². The number of aromatic nitrogens is 4. The van der Waals surface area contributed by atoms with Crippen molar-refractivity contribution in [1.82, 2.24) is 30.2 Å². The second-order valence-corrected chi connectivity index (χ2v) is 10.9. The standard InChI is InChI=1S/C30H29F3N8O4/c1-45-25-15-23-19(14-24(25)34-28(43)18-3-2-4-20(13-18)30(31,32)33)16-41(38-23)22-7-10-39(11-8-22)17-21-5-6-26(37-36-21)40-12-9-27(42)35-29(40)44/h2-6,13-16,22H,7-12,17H2,1H3,(H,34,43)(H,35,42,44). The molecule has 0 atom stereocenters. The molecule has 234 valence electrons. The lowest BCUT2D eigenvalue weighted by Crippen LogP contribution is -2.50. The predicted molar refractivity (Wildman–Crippen MR) is 157 cm³/mol. The van der Waals surface area contributed by atoms with Gasteiger partial charge in [-0.1, -0.05) is 6.07 Å². The molecule has 6 rings (SSSR count). The minimum atomic E-state index is -4.56. The summed E-state index contributed by atoms with van der Waals surface area (Å²) in [4.78, 5) is 39.9. The van der Waals surface area contributed by atoms with E-state index in [1.807, 2.05) is 16.9 Å². The lowest BCUT2D eigenvalue weighted by atomic mass is 10.1. The van der Waals surface area contributed by atoms with E-state index in [4.69, 9.17) is 9.84 Å². The number of benzene rings is 2. The number of amides is 4. The molecule has 2 fully saturated rings. The average molecular weight is 623 g/mol. The van der Waals surface area contributed by atoms with Gasteiger partial charge in [-0.3, -0.25) is 29.4 Å². The number of halogens is 3. The quantitative estimate of drug-likeness (QED) is 0.310. The molecule has 0 radical (unpaired) electrons. The highest BCUT2D eigenvalue weighted by atomic mass is 19.4. The Kier molecular flexibility index (Phi) is 8.10. The van der Waals surface area contributed by atoms with E-state index in [0.29, 0.717) is 29.3 Å². The van der Waals surface area contributed by atoms with Crippen LogP contribution >= 0.6 is 0 Å². The van der Waals surface area contributed by atoms with E-state index in [-0.39, 0.29) is 30.5 Å². The Hall–Kier alpha value is -5.05. The molecule has 45 heavy (non-hydrogen) atoms. The lowest BCUT2D eigenvalue weighted by molar-refractivity contribution is -0.137. The number of carbonyl (C=O) groups is 3. The van der Waals surface area contributed by atoms with Gasteiger partial charge in [0.05, 0.1) is 35.6 Å². The summed E-state index contributed by atoms with van der Waals surface area (Å²) < 4.78 is 46.7. The molecule has 4 amide bonds. The van der Waals surface area contributed by atoms with Crippen molar-refractivity contribution in [2.24, 2.45) is 0 Å². The predicted octanol–water partition coefficient (Wildman–Crippen LogP) is 4.39. The molecule has 0 saturated carbocycles. The molecule has 2 aliphatic heterocycles. The van der Waals surface area contributed by atoms with Gasteiger partial charge in [0.1, 0.15) is 5.75 Å². The maximum absolute atomic E-state index is 13.1. The van der Waals surface area contributed by atoms with E-state index in [9.17, 15) is 27.6 Å². The van der Waals surface area contributed by atoms with E-state index < -0.39 is 23.7 Å². The second-order valence-electron chi connectivity index (χ2n) is 10.9. The molecule has 0 aliphatic carbocycles. The Balaban J connectivity index is 1.08. The molecule has 0 bridgehead atoms. The fraction of sp³-hybridized carbons (Fsp3) is 0.333. The zero-order valence-corrected chi connectivity index (χ0v) is 24.2. The summed E-state index contributed by atoms with van der Waals surface area (Å²) in [5.41, 5.74) is 0.723. The highest BCUT2D eigenvalue weighted by Gasteiger charge is 2.31. The van der Waals surface area contributed by atoms with Crippen molar-refractivity contribution in [3.8, 4) is 5.75 Å². The van der Waals surface area contributed by atoms with Crippen LogP contribution in [0.1, 0.15) is 46.9 Å². The van der Waals surface area contributed by atoms with Crippen molar-refractivity contribution in [1.29, 1.82) is 0 Å². The van der Waals surface area contributed by atoms with Gasteiger partial charge in [0.15, 0.2) is 5.82 Å². The number of urea groups is 1. The zero-order chi connectivity index (χ0) is 31.7. The third-order valence-corrected chi connectivity index (χ3v) is 7.90. The van der Waals surface area contributed by atoms with Crippen molar-refractivity contribution < 1.29 is 32.3 Å². The molecule has 0 spiro atoms. The molecule has 2 N–H and O–H groups in total. The Morgan fingerprint density at radius 2 is 1.87 bits per heavy atom. The highest BCUT2D eigenvalue weighted by molar-refractivity contribution is 6.06. The van der Waals surface area contributed by atoms with Gasteiger partial charge < -0.3 is 10.1 Å². The summed E-state index contributed by atoms with van der Waals surface area (Å²) in [6.07, 6.45) is -0.793. The number of fused-ring (bicyclic) bond motifs is 1. The lowest BCUT2D eigenvalue weighted by Gasteiger charge is -2.31. The minimum absolute atomic E-state index is 0.122. The molecule has 2 aliphatic rings. The molecule has 2 aromatic carbocycles. The van der Waals surface area contributed by atoms with E-state index in [0.717, 1.165) is 49.1 Å². The van der Waals surface area contributed by atoms with Gasteiger partial charge in [-0.25, -0.2) is 4.79 Å². The van der Waals surface area contributed by atoms with Gasteiger partial charge in [0.25, 0.3) is 5.91 Å². The first-order valence-corrected chi connectivity index (χ1v) is 14.3. The topological polar surface area (TPSA) is 135 Å². The third kappa shape index (κ3) is 6.57. The van der Waals surface area contributed by atoms with Gasteiger partial charge in [-0.15, -0.1) is 5.10 Å². The first-order chi connectivity index (χ1) is 21.6. The summed E-state index contributed by atoms with van der Waals surface area (Å²) in [7, 11) is 1.44. The monoisotopic (exact) mass is 622 g/mol. The zero-order valence-electron chi connectivity index (χ0n) is 24.2. The van der Waals surface area contributed by atoms with E-state index in [1.165, 1.54) is 24.1 Å². The van der Waals surface area contributed by atoms with Gasteiger partial charge >= 0.3 is 12.2 Å². The van der Waals surface area contributed by atoms with Crippen molar-refractivity contribution >= 4 is 40.3 Å². The number of nitrogens with zero attached hydrogens (tertiary/aromatic N) is 6. The minimum Gasteiger partial charge on any atom is -0.494 e. The molecule has 15 heteroatoms. The van der Waals surface area contributed by atoms with E-state index >= 15 is 0 Å². The molecule has 4 aromatic rings. The molecular formula is C30H29F3N8O4. The maximum atomic E-state index is 13.1. The molecule has 2 aromatic heterocycles. The number of alkyl halides is 3. The number of piperidine rings is 1. The third-order valence-electron chi connectivity index (χ3n) is 7.90. The van der Waals surface area contributed by atoms with Crippen LogP contribution in [-0.2, 0) is 17.5 Å². The van der Waals surface area contributed by atoms with Crippen LogP contribution in [0.5, 0.6) is 5.75 Å². The van der Waals surface area contributed by atoms with Crippen LogP contribution in [0.3, 0.4) is 0 Å². The van der Waals surface area contributed by atoms with Crippen molar-refractivity contribution in [2.75, 3.05) is 37.0 Å². The number of hydrogen-bond donors (Lipinski definition) is 2. The number of ether oxygens (including phenoxy) is 1. The summed E-state index contributed by atoms with van der Waals surface area (Å²) in [6.45, 7) is 2.44. The highest BCUT2D eigenvalue weighted by Crippen LogP contribution is 2.33. The van der Waals surface area contributed by atoms with Crippen molar-refractivity contribution in [3.63, 3.8) is 0 Å². The SMILES string of the molecule is COc1cc2nn(C3CCN(Cc4ccc(N5CCC(=O)NC5=O)nn4)CC3)cc2cc1NC(=O)c1cccc(C(F)(F)F)c1. The molecule has 4 heterocycles. The number of methoxy groups -OCH3 is 1. The maximum Gasteiger partial charge on any atom is 0.416 e. The van der Waals surface area contributed by atoms with Crippen LogP contribution in [0.2, 0.25) is 0 Å². The van der Waals surface area contributed by atoms with Gasteiger partial charge in [-0.2, -0.15) is 23.4 Å². The average Bonchev–Trinajstić information content (AvgIpc) is 3.44. The van der Waals surface area contributed by atoms with Crippen LogP contribution in [0.25, 0.3) is 10.9 Å². The number of likely N-dealkylation sites (tertiary alicyclic amines) is 1. The Morgan fingerprint density at radius 3 is 2.56 bits per heavy atom. The van der Waals surface area contributed by atoms with Crippen LogP contribution in [0.15, 0.2) is 54.7 Å². The first-order valence-electron chi connectivity index (χ1n) is 14.3. The smallest absolute Gasteiger partial charge is 0.416 e. The normalized spacial score (nSPS) is 16.6. The number of imide groups is 1. The number of rotatable bonds is 7. The number of nitrogens with one attached hydrogen (secondary N) is 2. The molecule has 0 unspecified atom stereocenters. The number of carbonyl (C=O) groups excluding carboxylic acids is 3.